The average molecular weight is 523 g/mol. The van der Waals surface area contributed by atoms with Gasteiger partial charge in [-0.15, -0.1) is 0 Å². The molecule has 2 nitrogen and oxygen atoms in total. The maximum absolute atomic E-state index is 13.1. The molecule has 6 heteroatoms. The highest BCUT2D eigenvalue weighted by Crippen LogP contribution is 2.44. The van der Waals surface area contributed by atoms with Gasteiger partial charge in [-0.3, -0.25) is 9.59 Å². The number of allylic oxidation sites excluding steroid dienone is 6. The highest BCUT2D eigenvalue weighted by Gasteiger charge is 2.46. The molecule has 0 bridgehead atoms. The van der Waals surface area contributed by atoms with E-state index in [2.05, 4.69) is 115 Å². The second-order valence-electron chi connectivity index (χ2n) is 13.9. The number of carbonyl (C=O) groups is 2. The molecule has 0 unspecified atom stereocenters. The van der Waals surface area contributed by atoms with E-state index in [1.807, 2.05) is 0 Å². The summed E-state index contributed by atoms with van der Waals surface area (Å²) in [5.74, 6) is 0.540. The normalized spacial score (nSPS) is 20.4. The molecule has 1 aromatic carbocycles. The standard InChI is InChI=1S/C28H42O2Si4/c1-31(2,3)25-21(23(29)27(25)33(7,8)9)17-19-13-15-20(16-14-19)18-22-24(30)28(34(10,11)12)26(22)32(4,5)6/h13-18H,1-12H3/b21-17-,22-18-. The van der Waals surface area contributed by atoms with Crippen LogP contribution >= 0.6 is 0 Å². The van der Waals surface area contributed by atoms with Crippen molar-refractivity contribution in [1.82, 2.24) is 0 Å². The maximum Gasteiger partial charge on any atom is 0.184 e. The monoisotopic (exact) mass is 522 g/mol. The molecule has 2 aliphatic rings. The fraction of sp³-hybridized carbons (Fsp3) is 0.429. The van der Waals surface area contributed by atoms with Gasteiger partial charge in [-0.25, -0.2) is 0 Å². The highest BCUT2D eigenvalue weighted by atomic mass is 28.3. The Kier molecular flexibility index (Phi) is 6.75. The molecular weight excluding hydrogens is 481 g/mol. The first-order chi connectivity index (χ1) is 15.2. The van der Waals surface area contributed by atoms with E-state index in [1.165, 1.54) is 10.4 Å². The zero-order valence-corrected chi connectivity index (χ0v) is 27.3. The predicted molar refractivity (Wildman–Crippen MR) is 160 cm³/mol. The molecule has 34 heavy (non-hydrogen) atoms. The van der Waals surface area contributed by atoms with Crippen LogP contribution < -0.4 is 0 Å². The predicted octanol–water partition coefficient (Wildman–Crippen LogP) is 7.72. The molecule has 0 saturated heterocycles. The van der Waals surface area contributed by atoms with Gasteiger partial charge in [-0.2, -0.15) is 0 Å². The first-order valence-corrected chi connectivity index (χ1v) is 26.4. The van der Waals surface area contributed by atoms with E-state index in [0.717, 1.165) is 32.7 Å². The number of benzene rings is 1. The molecule has 0 atom stereocenters. The van der Waals surface area contributed by atoms with Crippen LogP contribution in [-0.4, -0.2) is 43.9 Å². The van der Waals surface area contributed by atoms with Crippen LogP contribution in [0.15, 0.2) is 56.2 Å². The van der Waals surface area contributed by atoms with E-state index >= 15 is 0 Å². The lowest BCUT2D eigenvalue weighted by molar-refractivity contribution is -0.113. The van der Waals surface area contributed by atoms with Gasteiger partial charge in [-0.05, 0) is 44.1 Å². The van der Waals surface area contributed by atoms with Crippen molar-refractivity contribution in [2.75, 3.05) is 0 Å². The number of hydrogen-bond acceptors (Lipinski definition) is 2. The van der Waals surface area contributed by atoms with Crippen LogP contribution in [0.25, 0.3) is 12.2 Å². The van der Waals surface area contributed by atoms with Crippen molar-refractivity contribution < 1.29 is 9.59 Å². The molecule has 0 N–H and O–H groups in total. The van der Waals surface area contributed by atoms with Crippen molar-refractivity contribution in [3.8, 4) is 0 Å². The van der Waals surface area contributed by atoms with Crippen LogP contribution in [-0.2, 0) is 9.59 Å². The summed E-state index contributed by atoms with van der Waals surface area (Å²) in [5, 5.41) is 5.08. The molecule has 0 aromatic heterocycles. The Morgan fingerprint density at radius 3 is 0.882 bits per heavy atom. The molecule has 182 valence electrons. The third kappa shape index (κ3) is 5.01. The van der Waals surface area contributed by atoms with Crippen molar-refractivity contribution in [3.05, 3.63) is 67.3 Å². The topological polar surface area (TPSA) is 34.1 Å². The van der Waals surface area contributed by atoms with Crippen molar-refractivity contribution >= 4 is 56.0 Å². The molecule has 0 saturated carbocycles. The Labute approximate surface area is 211 Å². The Hall–Kier alpha value is -1.61. The average Bonchev–Trinajstić information content (AvgIpc) is 2.62. The Balaban J connectivity index is 1.97. The minimum Gasteiger partial charge on any atom is -0.289 e. The lowest BCUT2D eigenvalue weighted by atomic mass is 9.95. The Bertz CT molecular complexity index is 1090. The molecule has 3 rings (SSSR count). The Morgan fingerprint density at radius 2 is 0.676 bits per heavy atom. The van der Waals surface area contributed by atoms with Crippen LogP contribution in [0.5, 0.6) is 0 Å². The van der Waals surface area contributed by atoms with Gasteiger partial charge in [0.15, 0.2) is 11.6 Å². The van der Waals surface area contributed by atoms with Gasteiger partial charge >= 0.3 is 0 Å². The van der Waals surface area contributed by atoms with Gasteiger partial charge in [0.2, 0.25) is 0 Å². The maximum atomic E-state index is 13.1. The number of rotatable bonds is 6. The summed E-state index contributed by atoms with van der Waals surface area (Å²) >= 11 is 0. The largest absolute Gasteiger partial charge is 0.289 e. The van der Waals surface area contributed by atoms with E-state index < -0.39 is 32.3 Å². The van der Waals surface area contributed by atoms with Crippen LogP contribution in [0.1, 0.15) is 11.1 Å². The number of Topliss-reactive ketones (excluding diaryl/α,β-unsaturated/α-hetero) is 2. The van der Waals surface area contributed by atoms with Crippen molar-refractivity contribution in [1.29, 1.82) is 0 Å². The first kappa shape index (κ1) is 27.0. The Morgan fingerprint density at radius 1 is 0.441 bits per heavy atom. The minimum atomic E-state index is -1.66. The molecule has 0 aliphatic heterocycles. The van der Waals surface area contributed by atoms with E-state index in [0.29, 0.717) is 0 Å². The molecular formula is C28H42O2Si4. The smallest absolute Gasteiger partial charge is 0.184 e. The van der Waals surface area contributed by atoms with Crippen LogP contribution in [0.3, 0.4) is 0 Å². The molecule has 0 fully saturated rings. The van der Waals surface area contributed by atoms with Gasteiger partial charge in [-0.1, -0.05) is 103 Å². The van der Waals surface area contributed by atoms with E-state index in [4.69, 9.17) is 0 Å². The zero-order chi connectivity index (χ0) is 26.0. The molecule has 1 aromatic rings. The summed E-state index contributed by atoms with van der Waals surface area (Å²) in [7, 11) is -6.53. The van der Waals surface area contributed by atoms with E-state index in [1.54, 1.807) is 0 Å². The lowest BCUT2D eigenvalue weighted by Gasteiger charge is -2.39. The van der Waals surface area contributed by atoms with Crippen LogP contribution in [0.4, 0.5) is 0 Å². The molecule has 0 spiro atoms. The van der Waals surface area contributed by atoms with E-state index in [9.17, 15) is 9.59 Å². The number of carbonyl (C=O) groups excluding carboxylic acids is 2. The second-order valence-corrected chi connectivity index (χ2v) is 33.9. The van der Waals surface area contributed by atoms with E-state index in [-0.39, 0.29) is 11.6 Å². The summed E-state index contributed by atoms with van der Waals surface area (Å²) in [4.78, 5) is 26.2. The first-order valence-electron chi connectivity index (χ1n) is 12.4. The van der Waals surface area contributed by atoms with Crippen LogP contribution in [0, 0.1) is 0 Å². The molecule has 0 heterocycles. The summed E-state index contributed by atoms with van der Waals surface area (Å²) < 4.78 is 0. The molecule has 2 aliphatic carbocycles. The van der Waals surface area contributed by atoms with Gasteiger partial charge in [0.05, 0.1) is 32.3 Å². The third-order valence-electron chi connectivity index (χ3n) is 6.54. The van der Waals surface area contributed by atoms with Crippen molar-refractivity contribution in [3.63, 3.8) is 0 Å². The fourth-order valence-corrected chi connectivity index (χ4v) is 16.8. The summed E-state index contributed by atoms with van der Waals surface area (Å²) in [5.41, 5.74) is 3.97. The summed E-state index contributed by atoms with van der Waals surface area (Å²) in [6.07, 6.45) is 4.17. The van der Waals surface area contributed by atoms with Crippen molar-refractivity contribution in [2.45, 2.75) is 78.6 Å². The number of hydrogen-bond donors (Lipinski definition) is 0. The fourth-order valence-electron chi connectivity index (χ4n) is 5.15. The van der Waals surface area contributed by atoms with Gasteiger partial charge in [0.1, 0.15) is 0 Å². The quantitative estimate of drug-likeness (QED) is 0.283. The van der Waals surface area contributed by atoms with Crippen molar-refractivity contribution in [2.24, 2.45) is 0 Å². The molecule has 0 radical (unpaired) electrons. The highest BCUT2D eigenvalue weighted by molar-refractivity contribution is 6.97. The summed E-state index contributed by atoms with van der Waals surface area (Å²) in [6.45, 7) is 27.7. The summed E-state index contributed by atoms with van der Waals surface area (Å²) in [6, 6.07) is 8.34. The third-order valence-corrected chi connectivity index (χ3v) is 15.0. The van der Waals surface area contributed by atoms with Gasteiger partial charge < -0.3 is 0 Å². The zero-order valence-electron chi connectivity index (χ0n) is 23.3. The second kappa shape index (κ2) is 8.50. The SMILES string of the molecule is C[Si](C)(C)C1=C([Si](C)(C)C)/C(=C\c2ccc(/C=C3/C(=O)C([Si](C)(C)C)=C3[Si](C)(C)C)cc2)C1=O. The van der Waals surface area contributed by atoms with Gasteiger partial charge in [0, 0.05) is 11.1 Å². The van der Waals surface area contributed by atoms with Gasteiger partial charge in [0.25, 0.3) is 0 Å². The molecule has 0 amide bonds. The minimum absolute atomic E-state index is 0.270. The van der Waals surface area contributed by atoms with Crippen LogP contribution in [0.2, 0.25) is 78.6 Å². The lowest BCUT2D eigenvalue weighted by Crippen LogP contribution is -2.46. The number of ketones is 2.